The van der Waals surface area contributed by atoms with Crippen LogP contribution in [0.5, 0.6) is 0 Å². The van der Waals surface area contributed by atoms with E-state index in [1.54, 1.807) is 12.1 Å². The monoisotopic (exact) mass is 430 g/mol. The van der Waals surface area contributed by atoms with Gasteiger partial charge in [0, 0.05) is 42.5 Å². The molecule has 0 unspecified atom stereocenters. The lowest BCUT2D eigenvalue weighted by Gasteiger charge is -2.37. The van der Waals surface area contributed by atoms with Crippen LogP contribution in [0.2, 0.25) is 10.0 Å². The second-order valence-electron chi connectivity index (χ2n) is 6.91. The summed E-state index contributed by atoms with van der Waals surface area (Å²) in [4.78, 5) is 5.33. The van der Waals surface area contributed by atoms with Gasteiger partial charge in [-0.3, -0.25) is 0 Å². The Kier molecular flexibility index (Phi) is 5.63. The van der Waals surface area contributed by atoms with Gasteiger partial charge in [0.15, 0.2) is 5.76 Å². The minimum absolute atomic E-state index is 0.561. The summed E-state index contributed by atoms with van der Waals surface area (Å²) in [5, 5.41) is 1.16. The maximum atomic E-state index is 6.29. The fourth-order valence-corrected chi connectivity index (χ4v) is 4.23. The Balaban J connectivity index is 1.44. The molecule has 1 aliphatic heterocycles. The molecular weight excluding hydrogens is 411 g/mol. The molecule has 2 aromatic carbocycles. The Morgan fingerprint density at radius 3 is 2.46 bits per heavy atom. The zero-order valence-corrected chi connectivity index (χ0v) is 17.8. The van der Waals surface area contributed by atoms with Crippen LogP contribution in [-0.2, 0) is 0 Å². The number of halogens is 2. The van der Waals surface area contributed by atoms with Crippen molar-refractivity contribution in [2.75, 3.05) is 31.1 Å². The molecule has 0 spiro atoms. The molecular formula is C22H20Cl2N2OS. The number of thiocarbonyl (C=S) groups is 1. The highest BCUT2D eigenvalue weighted by Crippen LogP contribution is 2.32. The Bertz CT molecular complexity index is 1010. The zero-order valence-electron chi connectivity index (χ0n) is 15.5. The second kappa shape index (κ2) is 8.16. The van der Waals surface area contributed by atoms with Crippen LogP contribution in [0.25, 0.3) is 11.3 Å². The van der Waals surface area contributed by atoms with Gasteiger partial charge < -0.3 is 14.2 Å². The third-order valence-corrected chi connectivity index (χ3v) is 5.95. The molecule has 3 aromatic rings. The largest absolute Gasteiger partial charge is 0.454 e. The van der Waals surface area contributed by atoms with Gasteiger partial charge in [-0.25, -0.2) is 0 Å². The second-order valence-corrected chi connectivity index (χ2v) is 8.14. The molecule has 0 N–H and O–H groups in total. The van der Waals surface area contributed by atoms with Crippen molar-refractivity contribution >= 4 is 46.1 Å². The van der Waals surface area contributed by atoms with E-state index in [1.807, 2.05) is 18.2 Å². The summed E-state index contributed by atoms with van der Waals surface area (Å²) < 4.78 is 6.01. The average Bonchev–Trinajstić information content (AvgIpc) is 3.17. The van der Waals surface area contributed by atoms with Gasteiger partial charge in [0.1, 0.15) is 10.7 Å². The summed E-state index contributed by atoms with van der Waals surface area (Å²) in [5.41, 5.74) is 3.35. The van der Waals surface area contributed by atoms with Crippen molar-refractivity contribution in [3.63, 3.8) is 0 Å². The standard InChI is InChI=1S/C22H20Cl2N2OS/c1-15-3-2-4-17(13-15)25-9-11-26(12-10-25)22(28)21-8-7-20(27-21)18-6-5-16(23)14-19(18)24/h2-8,13-14H,9-12H2,1H3. The van der Waals surface area contributed by atoms with Gasteiger partial charge in [-0.05, 0) is 55.0 Å². The number of benzene rings is 2. The van der Waals surface area contributed by atoms with E-state index >= 15 is 0 Å². The molecule has 0 radical (unpaired) electrons. The quantitative estimate of drug-likeness (QED) is 0.470. The van der Waals surface area contributed by atoms with Crippen molar-refractivity contribution in [1.82, 2.24) is 4.90 Å². The minimum Gasteiger partial charge on any atom is -0.454 e. The van der Waals surface area contributed by atoms with Gasteiger partial charge in [0.05, 0.1) is 5.02 Å². The van der Waals surface area contributed by atoms with Crippen LogP contribution in [0.15, 0.2) is 59.0 Å². The molecule has 4 rings (SSSR count). The fourth-order valence-electron chi connectivity index (χ4n) is 3.44. The predicted molar refractivity (Wildman–Crippen MR) is 121 cm³/mol. The molecule has 0 saturated carbocycles. The molecule has 1 aromatic heterocycles. The van der Waals surface area contributed by atoms with Crippen LogP contribution < -0.4 is 4.90 Å². The summed E-state index contributed by atoms with van der Waals surface area (Å²) in [7, 11) is 0. The fraction of sp³-hybridized carbons (Fsp3) is 0.227. The van der Waals surface area contributed by atoms with Crippen LogP contribution in [0.1, 0.15) is 11.3 Å². The third-order valence-electron chi connectivity index (χ3n) is 4.95. The van der Waals surface area contributed by atoms with Crippen molar-refractivity contribution in [1.29, 1.82) is 0 Å². The van der Waals surface area contributed by atoms with Crippen LogP contribution in [-0.4, -0.2) is 36.1 Å². The lowest BCUT2D eigenvalue weighted by atomic mass is 10.2. The molecule has 3 nitrogen and oxygen atoms in total. The lowest BCUT2D eigenvalue weighted by Crippen LogP contribution is -2.48. The summed E-state index contributed by atoms with van der Waals surface area (Å²) >= 11 is 18.0. The first kappa shape index (κ1) is 19.3. The van der Waals surface area contributed by atoms with Crippen LogP contribution in [0.3, 0.4) is 0 Å². The SMILES string of the molecule is Cc1cccc(N2CCN(C(=S)c3ccc(-c4ccc(Cl)cc4Cl)o3)CC2)c1. The molecule has 144 valence electrons. The average molecular weight is 431 g/mol. The highest BCUT2D eigenvalue weighted by Gasteiger charge is 2.22. The van der Waals surface area contributed by atoms with E-state index < -0.39 is 0 Å². The number of furan rings is 1. The number of piperazine rings is 1. The normalized spacial score (nSPS) is 14.4. The first-order chi connectivity index (χ1) is 13.5. The van der Waals surface area contributed by atoms with Crippen molar-refractivity contribution in [3.05, 3.63) is 76.0 Å². The van der Waals surface area contributed by atoms with Gasteiger partial charge in [-0.2, -0.15) is 0 Å². The topological polar surface area (TPSA) is 19.6 Å². The molecule has 6 heteroatoms. The van der Waals surface area contributed by atoms with Gasteiger partial charge >= 0.3 is 0 Å². The van der Waals surface area contributed by atoms with E-state index in [0.29, 0.717) is 21.6 Å². The van der Waals surface area contributed by atoms with Crippen LogP contribution in [0.4, 0.5) is 5.69 Å². The Labute approximate surface area is 180 Å². The van der Waals surface area contributed by atoms with E-state index in [1.165, 1.54) is 11.3 Å². The van der Waals surface area contributed by atoms with E-state index in [-0.39, 0.29) is 0 Å². The summed E-state index contributed by atoms with van der Waals surface area (Å²) in [6.45, 7) is 5.71. The number of anilines is 1. The lowest BCUT2D eigenvalue weighted by molar-refractivity contribution is 0.385. The Morgan fingerprint density at radius 2 is 1.75 bits per heavy atom. The number of hydrogen-bond donors (Lipinski definition) is 0. The van der Waals surface area contributed by atoms with E-state index in [0.717, 1.165) is 36.7 Å². The van der Waals surface area contributed by atoms with E-state index in [9.17, 15) is 0 Å². The maximum Gasteiger partial charge on any atom is 0.162 e. The third kappa shape index (κ3) is 4.04. The molecule has 0 amide bonds. The molecule has 28 heavy (non-hydrogen) atoms. The minimum atomic E-state index is 0.561. The molecule has 2 heterocycles. The van der Waals surface area contributed by atoms with Crippen LogP contribution >= 0.6 is 35.4 Å². The molecule has 0 atom stereocenters. The van der Waals surface area contributed by atoms with Gasteiger partial charge in [-0.15, -0.1) is 0 Å². The van der Waals surface area contributed by atoms with Gasteiger partial charge in [0.25, 0.3) is 0 Å². The summed E-state index contributed by atoms with van der Waals surface area (Å²) in [6.07, 6.45) is 0. The van der Waals surface area contributed by atoms with Gasteiger partial charge in [0.2, 0.25) is 0 Å². The molecule has 1 saturated heterocycles. The van der Waals surface area contributed by atoms with Crippen LogP contribution in [0, 0.1) is 6.92 Å². The molecule has 1 fully saturated rings. The van der Waals surface area contributed by atoms with E-state index in [2.05, 4.69) is 41.0 Å². The maximum absolute atomic E-state index is 6.29. The zero-order chi connectivity index (χ0) is 19.7. The first-order valence-electron chi connectivity index (χ1n) is 9.17. The number of aryl methyl sites for hydroxylation is 1. The predicted octanol–water partition coefficient (Wildman–Crippen LogP) is 6.06. The number of rotatable bonds is 3. The van der Waals surface area contributed by atoms with Crippen molar-refractivity contribution in [2.45, 2.75) is 6.92 Å². The molecule has 0 bridgehead atoms. The summed E-state index contributed by atoms with van der Waals surface area (Å²) in [6, 6.07) is 17.8. The van der Waals surface area contributed by atoms with Gasteiger partial charge in [-0.1, -0.05) is 47.6 Å². The van der Waals surface area contributed by atoms with Crippen molar-refractivity contribution < 1.29 is 4.42 Å². The first-order valence-corrected chi connectivity index (χ1v) is 10.3. The van der Waals surface area contributed by atoms with Crippen molar-refractivity contribution in [3.8, 4) is 11.3 Å². The Hall–Kier alpha value is -2.01. The van der Waals surface area contributed by atoms with E-state index in [4.69, 9.17) is 39.8 Å². The smallest absolute Gasteiger partial charge is 0.162 e. The molecule has 0 aliphatic carbocycles. The number of hydrogen-bond acceptors (Lipinski definition) is 3. The van der Waals surface area contributed by atoms with Crippen molar-refractivity contribution in [2.24, 2.45) is 0 Å². The Morgan fingerprint density at radius 1 is 0.964 bits per heavy atom. The highest BCUT2D eigenvalue weighted by atomic mass is 35.5. The summed E-state index contributed by atoms with van der Waals surface area (Å²) in [5.74, 6) is 1.39. The molecule has 1 aliphatic rings. The number of nitrogens with zero attached hydrogens (tertiary/aromatic N) is 2. The highest BCUT2D eigenvalue weighted by molar-refractivity contribution is 7.80.